The summed E-state index contributed by atoms with van der Waals surface area (Å²) in [7, 11) is 0. The number of hydroxylamine groups is 2. The number of hydrogen-bond donors (Lipinski definition) is 1. The average molecular weight is 503 g/mol. The van der Waals surface area contributed by atoms with E-state index in [-0.39, 0.29) is 41.3 Å². The van der Waals surface area contributed by atoms with Crippen LogP contribution in [-0.2, 0) is 21.9 Å². The van der Waals surface area contributed by atoms with Gasteiger partial charge >= 0.3 is 6.09 Å². The molecule has 0 bridgehead atoms. The quantitative estimate of drug-likeness (QED) is 0.325. The van der Waals surface area contributed by atoms with Crippen LogP contribution in [0, 0.1) is 11.6 Å². The first-order valence-electron chi connectivity index (χ1n) is 9.71. The van der Waals surface area contributed by atoms with Crippen LogP contribution in [0.4, 0.5) is 19.4 Å². The third-order valence-electron chi connectivity index (χ3n) is 4.77. The summed E-state index contributed by atoms with van der Waals surface area (Å²) in [6, 6.07) is 5.11. The lowest BCUT2D eigenvalue weighted by atomic mass is 10.2. The molecule has 0 saturated carbocycles. The van der Waals surface area contributed by atoms with Gasteiger partial charge in [0.2, 0.25) is 5.88 Å². The number of rotatable bonds is 8. The van der Waals surface area contributed by atoms with Crippen molar-refractivity contribution in [3.63, 3.8) is 0 Å². The summed E-state index contributed by atoms with van der Waals surface area (Å²) in [5, 5.41) is 11.4. The van der Waals surface area contributed by atoms with E-state index in [0.717, 1.165) is 28.7 Å². The van der Waals surface area contributed by atoms with E-state index in [1.165, 1.54) is 18.2 Å². The fourth-order valence-electron chi connectivity index (χ4n) is 3.05. The van der Waals surface area contributed by atoms with E-state index in [1.807, 2.05) is 0 Å². The SMILES string of the molecule is O=C(O)N1CC(Oc2cc(N(N3CCC3)S(=O)[O-])nc(SCc3cccc(F)c3F)n2)CO1. The second-order valence-corrected chi connectivity index (χ2v) is 8.75. The van der Waals surface area contributed by atoms with E-state index in [1.54, 1.807) is 5.01 Å². The van der Waals surface area contributed by atoms with Crippen LogP contribution >= 0.6 is 11.8 Å². The Hall–Kier alpha value is -2.59. The maximum atomic E-state index is 14.0. The molecule has 33 heavy (non-hydrogen) atoms. The molecule has 2 atom stereocenters. The molecule has 11 nitrogen and oxygen atoms in total. The fourth-order valence-corrected chi connectivity index (χ4v) is 4.47. The summed E-state index contributed by atoms with van der Waals surface area (Å²) in [5.74, 6) is -2.00. The Morgan fingerprint density at radius 1 is 1.39 bits per heavy atom. The van der Waals surface area contributed by atoms with E-state index in [2.05, 4.69) is 9.97 Å². The molecule has 178 valence electrons. The average Bonchev–Trinajstić information content (AvgIpc) is 3.20. The molecular formula is C18H18F2N5O6S2-. The number of hydrogen-bond acceptors (Lipinski definition) is 9. The summed E-state index contributed by atoms with van der Waals surface area (Å²) >= 11 is -1.71. The smallest absolute Gasteiger partial charge is 0.431 e. The predicted molar refractivity (Wildman–Crippen MR) is 111 cm³/mol. The Morgan fingerprint density at radius 3 is 2.82 bits per heavy atom. The summed E-state index contributed by atoms with van der Waals surface area (Å²) < 4.78 is 58.0. The Morgan fingerprint density at radius 2 is 2.18 bits per heavy atom. The molecular weight excluding hydrogens is 484 g/mol. The Balaban J connectivity index is 1.59. The van der Waals surface area contributed by atoms with Crippen molar-refractivity contribution < 1.29 is 37.0 Å². The Bertz CT molecular complexity index is 1060. The molecule has 0 spiro atoms. The summed E-state index contributed by atoms with van der Waals surface area (Å²) in [5.41, 5.74) is 0.0877. The monoisotopic (exact) mass is 502 g/mol. The number of nitrogens with zero attached hydrogens (tertiary/aromatic N) is 5. The van der Waals surface area contributed by atoms with Gasteiger partial charge in [-0.2, -0.15) is 10.0 Å². The van der Waals surface area contributed by atoms with Gasteiger partial charge in [-0.25, -0.2) is 28.0 Å². The molecule has 1 amide bonds. The molecule has 2 aromatic rings. The molecule has 3 heterocycles. The van der Waals surface area contributed by atoms with E-state index in [0.29, 0.717) is 18.2 Å². The highest BCUT2D eigenvalue weighted by Gasteiger charge is 2.30. The highest BCUT2D eigenvalue weighted by Crippen LogP contribution is 2.30. The van der Waals surface area contributed by atoms with Crippen LogP contribution in [0.15, 0.2) is 29.4 Å². The van der Waals surface area contributed by atoms with Crippen molar-refractivity contribution in [3.05, 3.63) is 41.5 Å². The number of carboxylic acid groups (broad SMARTS) is 1. The Labute approximate surface area is 193 Å². The standard InChI is InChI=1S/C18H19F2N5O6S2/c19-13-4-1-3-11(16(13)20)10-32-17-21-14(25(33(28)29)23-5-2-6-23)7-15(22-17)31-12-8-24(18(26)27)30-9-12/h1,3-4,7,12H,2,5-6,8-10H2,(H,26,27)(H,28,29)/p-1. The number of hydrazine groups is 1. The number of aromatic nitrogens is 2. The van der Waals surface area contributed by atoms with E-state index < -0.39 is 35.1 Å². The van der Waals surface area contributed by atoms with Crippen molar-refractivity contribution >= 4 is 34.9 Å². The number of ether oxygens (including phenoxy) is 1. The molecule has 0 aliphatic carbocycles. The molecule has 2 saturated heterocycles. The van der Waals surface area contributed by atoms with Crippen molar-refractivity contribution in [1.82, 2.24) is 20.0 Å². The number of benzene rings is 1. The molecule has 2 aliphatic rings. The summed E-state index contributed by atoms with van der Waals surface area (Å²) in [4.78, 5) is 24.5. The van der Waals surface area contributed by atoms with Crippen LogP contribution in [0.3, 0.4) is 0 Å². The van der Waals surface area contributed by atoms with E-state index in [9.17, 15) is 22.3 Å². The van der Waals surface area contributed by atoms with Crippen LogP contribution < -0.4 is 9.15 Å². The second-order valence-electron chi connectivity index (χ2n) is 7.03. The molecule has 2 fully saturated rings. The minimum atomic E-state index is -2.68. The molecule has 2 unspecified atom stereocenters. The van der Waals surface area contributed by atoms with Crippen LogP contribution in [0.1, 0.15) is 12.0 Å². The first-order chi connectivity index (χ1) is 15.8. The molecule has 0 radical (unpaired) electrons. The van der Waals surface area contributed by atoms with Gasteiger partial charge in [-0.15, -0.1) is 0 Å². The summed E-state index contributed by atoms with van der Waals surface area (Å²) in [6.07, 6.45) is -1.14. The zero-order valence-corrected chi connectivity index (χ0v) is 18.6. The normalized spacial score (nSPS) is 19.2. The number of halogens is 2. The van der Waals surface area contributed by atoms with Gasteiger partial charge in [-0.1, -0.05) is 23.9 Å². The third-order valence-corrected chi connectivity index (χ3v) is 6.37. The maximum Gasteiger partial charge on any atom is 0.431 e. The highest BCUT2D eigenvalue weighted by atomic mass is 32.2. The largest absolute Gasteiger partial charge is 0.754 e. The third kappa shape index (κ3) is 5.50. The van der Waals surface area contributed by atoms with Gasteiger partial charge in [-0.3, -0.25) is 9.05 Å². The minimum Gasteiger partial charge on any atom is -0.754 e. The minimum absolute atomic E-state index is 0.00394. The number of amides is 1. The van der Waals surface area contributed by atoms with Crippen molar-refractivity contribution in [1.29, 1.82) is 0 Å². The maximum absolute atomic E-state index is 14.0. The van der Waals surface area contributed by atoms with Crippen LogP contribution in [0.5, 0.6) is 5.88 Å². The highest BCUT2D eigenvalue weighted by molar-refractivity contribution is 7.98. The molecule has 1 aromatic carbocycles. The number of thioether (sulfide) groups is 1. The van der Waals surface area contributed by atoms with Gasteiger partial charge in [0, 0.05) is 30.5 Å². The molecule has 15 heteroatoms. The lowest BCUT2D eigenvalue weighted by Gasteiger charge is -2.41. The van der Waals surface area contributed by atoms with Gasteiger partial charge in [-0.05, 0) is 12.5 Å². The van der Waals surface area contributed by atoms with Crippen LogP contribution in [0.2, 0.25) is 0 Å². The molecule has 1 N–H and O–H groups in total. The second kappa shape index (κ2) is 10.1. The van der Waals surface area contributed by atoms with Gasteiger partial charge in [0.05, 0.1) is 17.8 Å². The molecule has 2 aliphatic heterocycles. The topological polar surface area (TPSA) is 131 Å². The summed E-state index contributed by atoms with van der Waals surface area (Å²) in [6.45, 7) is 0.894. The van der Waals surface area contributed by atoms with Crippen molar-refractivity contribution in [2.45, 2.75) is 23.4 Å². The van der Waals surface area contributed by atoms with Crippen LogP contribution in [-0.4, -0.2) is 72.3 Å². The Kier molecular flexibility index (Phi) is 7.23. The van der Waals surface area contributed by atoms with E-state index in [4.69, 9.17) is 14.7 Å². The predicted octanol–water partition coefficient (Wildman–Crippen LogP) is 1.94. The van der Waals surface area contributed by atoms with Crippen molar-refractivity contribution in [3.8, 4) is 5.88 Å². The van der Waals surface area contributed by atoms with Gasteiger partial charge < -0.3 is 14.4 Å². The van der Waals surface area contributed by atoms with Crippen molar-refractivity contribution in [2.24, 2.45) is 0 Å². The van der Waals surface area contributed by atoms with Gasteiger partial charge in [0.1, 0.15) is 12.7 Å². The van der Waals surface area contributed by atoms with Crippen molar-refractivity contribution in [2.75, 3.05) is 30.7 Å². The lowest BCUT2D eigenvalue weighted by molar-refractivity contribution is -0.0839. The number of anilines is 1. The zero-order chi connectivity index (χ0) is 23.5. The first-order valence-corrected chi connectivity index (χ1v) is 11.7. The van der Waals surface area contributed by atoms with Gasteiger partial charge in [0.15, 0.2) is 22.6 Å². The fraction of sp³-hybridized carbons (Fsp3) is 0.389. The van der Waals surface area contributed by atoms with E-state index >= 15 is 0 Å². The lowest BCUT2D eigenvalue weighted by Crippen LogP contribution is -2.51. The molecule has 1 aromatic heterocycles. The van der Waals surface area contributed by atoms with Gasteiger partial charge in [0.25, 0.3) is 0 Å². The zero-order valence-electron chi connectivity index (χ0n) is 16.9. The molecule has 4 rings (SSSR count). The first kappa shape index (κ1) is 23.6. The van der Waals surface area contributed by atoms with Crippen LogP contribution in [0.25, 0.3) is 0 Å². The number of carbonyl (C=O) groups is 1.